The van der Waals surface area contributed by atoms with Gasteiger partial charge < -0.3 is 24.2 Å². The quantitative estimate of drug-likeness (QED) is 0.245. The Balaban J connectivity index is 1.58. The van der Waals surface area contributed by atoms with Crippen molar-refractivity contribution in [2.75, 3.05) is 19.1 Å². The number of halogens is 1. The molecule has 4 aromatic carbocycles. The van der Waals surface area contributed by atoms with Crippen molar-refractivity contribution in [2.45, 2.75) is 44.9 Å². The van der Waals surface area contributed by atoms with E-state index in [4.69, 9.17) is 25.8 Å². The number of anilines is 1. The third-order valence-electron chi connectivity index (χ3n) is 7.50. The number of aliphatic hydroxyl groups is 1. The molecule has 1 N–H and O–H groups in total. The number of hydrogen-bond acceptors (Lipinski definition) is 5. The molecule has 1 aliphatic heterocycles. The number of carbonyl (C=O) groups excluding carboxylic acids is 1. The second kappa shape index (κ2) is 11.5. The Labute approximate surface area is 246 Å². The number of amides is 1. The van der Waals surface area contributed by atoms with Gasteiger partial charge in [-0.3, -0.25) is 4.79 Å². The Morgan fingerprint density at radius 1 is 0.878 bits per heavy atom. The van der Waals surface area contributed by atoms with Crippen LogP contribution in [0.25, 0.3) is 0 Å². The van der Waals surface area contributed by atoms with E-state index in [9.17, 15) is 9.90 Å². The molecule has 1 aliphatic rings. The van der Waals surface area contributed by atoms with Crippen LogP contribution in [0.15, 0.2) is 84.9 Å². The predicted molar refractivity (Wildman–Crippen MR) is 161 cm³/mol. The van der Waals surface area contributed by atoms with Gasteiger partial charge in [-0.2, -0.15) is 0 Å². The number of fused-ring (bicyclic) bond motifs is 1. The van der Waals surface area contributed by atoms with E-state index in [1.807, 2.05) is 104 Å². The van der Waals surface area contributed by atoms with Gasteiger partial charge in [-0.05, 0) is 97.1 Å². The summed E-state index contributed by atoms with van der Waals surface area (Å²) in [4.78, 5) is 15.6. The fourth-order valence-electron chi connectivity index (χ4n) is 5.36. The van der Waals surface area contributed by atoms with E-state index in [1.54, 1.807) is 21.1 Å². The average Bonchev–Trinajstić information content (AvgIpc) is 2.96. The van der Waals surface area contributed by atoms with Crippen LogP contribution in [-0.2, 0) is 16.8 Å². The number of benzene rings is 4. The van der Waals surface area contributed by atoms with Gasteiger partial charge in [0.05, 0.1) is 32.8 Å². The van der Waals surface area contributed by atoms with Crippen molar-refractivity contribution in [3.8, 4) is 17.2 Å². The van der Waals surface area contributed by atoms with Crippen molar-refractivity contribution in [1.82, 2.24) is 0 Å². The van der Waals surface area contributed by atoms with Gasteiger partial charge in [0.25, 0.3) is 0 Å². The van der Waals surface area contributed by atoms with Gasteiger partial charge in [-0.25, -0.2) is 0 Å². The fraction of sp³-hybridized carbons (Fsp3) is 0.265. The zero-order valence-electron chi connectivity index (χ0n) is 23.9. The third-order valence-corrected chi connectivity index (χ3v) is 7.75. The molecule has 5 rings (SSSR count). The largest absolute Gasteiger partial charge is 0.497 e. The Morgan fingerprint density at radius 2 is 1.49 bits per heavy atom. The number of ether oxygens (including phenoxy) is 3. The minimum Gasteiger partial charge on any atom is -0.497 e. The van der Waals surface area contributed by atoms with Crippen LogP contribution in [-0.4, -0.2) is 31.3 Å². The maximum Gasteiger partial charge on any atom is 0.232 e. The lowest BCUT2D eigenvalue weighted by Crippen LogP contribution is -2.41. The lowest BCUT2D eigenvalue weighted by atomic mass is 9.86. The monoisotopic (exact) mass is 571 g/mol. The summed E-state index contributed by atoms with van der Waals surface area (Å²) in [5.74, 6) is 1.89. The Bertz CT molecular complexity index is 1530. The fourth-order valence-corrected chi connectivity index (χ4v) is 5.48. The molecular formula is C34H34ClNO5. The molecular weight excluding hydrogens is 538 g/mol. The molecule has 0 bridgehead atoms. The molecule has 0 fully saturated rings. The zero-order valence-corrected chi connectivity index (χ0v) is 24.6. The third kappa shape index (κ3) is 5.63. The zero-order chi connectivity index (χ0) is 29.3. The molecule has 4 aromatic rings. The molecule has 7 heteroatoms. The van der Waals surface area contributed by atoms with E-state index in [0.29, 0.717) is 22.1 Å². The summed E-state index contributed by atoms with van der Waals surface area (Å²) in [5, 5.41) is 12.1. The molecule has 1 heterocycles. The number of hydrogen-bond donors (Lipinski definition) is 1. The molecule has 0 aromatic heterocycles. The number of carbonyl (C=O) groups is 1. The number of nitrogens with zero attached hydrogens (tertiary/aromatic N) is 1. The molecule has 0 saturated carbocycles. The lowest BCUT2D eigenvalue weighted by molar-refractivity contribution is -0.118. The van der Waals surface area contributed by atoms with E-state index in [0.717, 1.165) is 33.7 Å². The average molecular weight is 572 g/mol. The van der Waals surface area contributed by atoms with Gasteiger partial charge >= 0.3 is 0 Å². The van der Waals surface area contributed by atoms with E-state index >= 15 is 0 Å². The SMILES string of the molecule is COc1ccc([C@@](C)(O)c2ccc(N3C(=O)Cc4cc(OC)c(OC(C)C)cc4C3c3ccc(Cl)cc3)cc2)cc1. The van der Waals surface area contributed by atoms with Crippen LogP contribution in [0.1, 0.15) is 54.6 Å². The summed E-state index contributed by atoms with van der Waals surface area (Å²) >= 11 is 6.23. The van der Waals surface area contributed by atoms with Gasteiger partial charge in [-0.15, -0.1) is 0 Å². The van der Waals surface area contributed by atoms with E-state index in [-0.39, 0.29) is 18.4 Å². The molecule has 0 saturated heterocycles. The summed E-state index contributed by atoms with van der Waals surface area (Å²) in [6, 6.07) is 25.8. The summed E-state index contributed by atoms with van der Waals surface area (Å²) in [7, 11) is 3.21. The van der Waals surface area contributed by atoms with E-state index < -0.39 is 11.6 Å². The molecule has 0 aliphatic carbocycles. The van der Waals surface area contributed by atoms with Crippen molar-refractivity contribution in [3.05, 3.63) is 118 Å². The Hall–Kier alpha value is -4.00. The number of methoxy groups -OCH3 is 2. The maximum absolute atomic E-state index is 13.8. The van der Waals surface area contributed by atoms with Gasteiger partial charge in [0.1, 0.15) is 11.4 Å². The summed E-state index contributed by atoms with van der Waals surface area (Å²) in [5.41, 5.74) is 3.68. The Kier molecular flexibility index (Phi) is 7.98. The normalized spacial score (nSPS) is 16.2. The second-order valence-electron chi connectivity index (χ2n) is 10.6. The van der Waals surface area contributed by atoms with Crippen LogP contribution < -0.4 is 19.1 Å². The van der Waals surface area contributed by atoms with Gasteiger partial charge in [0, 0.05) is 10.7 Å². The van der Waals surface area contributed by atoms with Crippen molar-refractivity contribution >= 4 is 23.2 Å². The Morgan fingerprint density at radius 3 is 2.05 bits per heavy atom. The smallest absolute Gasteiger partial charge is 0.232 e. The van der Waals surface area contributed by atoms with Crippen LogP contribution in [0.5, 0.6) is 17.2 Å². The first-order valence-electron chi connectivity index (χ1n) is 13.5. The van der Waals surface area contributed by atoms with Crippen LogP contribution in [0, 0.1) is 0 Å². The van der Waals surface area contributed by atoms with Gasteiger partial charge in [0.2, 0.25) is 5.91 Å². The molecule has 0 radical (unpaired) electrons. The summed E-state index contributed by atoms with van der Waals surface area (Å²) < 4.78 is 17.0. The summed E-state index contributed by atoms with van der Waals surface area (Å²) in [6.45, 7) is 5.69. The first-order valence-corrected chi connectivity index (χ1v) is 13.9. The molecule has 0 spiro atoms. The molecule has 1 unspecified atom stereocenters. The molecule has 41 heavy (non-hydrogen) atoms. The molecule has 212 valence electrons. The van der Waals surface area contributed by atoms with Crippen molar-refractivity contribution in [1.29, 1.82) is 0 Å². The van der Waals surface area contributed by atoms with Crippen LogP contribution >= 0.6 is 11.6 Å². The van der Waals surface area contributed by atoms with Crippen LogP contribution in [0.4, 0.5) is 5.69 Å². The predicted octanol–water partition coefficient (Wildman–Crippen LogP) is 7.08. The minimum atomic E-state index is -1.24. The van der Waals surface area contributed by atoms with E-state index in [2.05, 4.69) is 0 Å². The van der Waals surface area contributed by atoms with Crippen molar-refractivity contribution in [3.63, 3.8) is 0 Å². The van der Waals surface area contributed by atoms with Crippen LogP contribution in [0.3, 0.4) is 0 Å². The minimum absolute atomic E-state index is 0.0494. The highest BCUT2D eigenvalue weighted by molar-refractivity contribution is 6.30. The standard InChI is InChI=1S/C34H34ClNO5/c1-21(2)41-31-20-29-23(18-30(31)40-5)19-32(37)36(33(29)22-6-12-26(35)13-7-22)27-14-8-24(9-15-27)34(3,38)25-10-16-28(39-4)17-11-25/h6-18,20-21,33,38H,19H2,1-5H3/t33?,34-/m0/s1. The molecule has 2 atom stereocenters. The highest BCUT2D eigenvalue weighted by atomic mass is 35.5. The van der Waals surface area contributed by atoms with Gasteiger partial charge in [0.15, 0.2) is 11.5 Å². The van der Waals surface area contributed by atoms with Crippen molar-refractivity contribution in [2.24, 2.45) is 0 Å². The van der Waals surface area contributed by atoms with E-state index in [1.165, 1.54) is 0 Å². The highest BCUT2D eigenvalue weighted by Gasteiger charge is 2.36. The first-order chi connectivity index (χ1) is 19.6. The highest BCUT2D eigenvalue weighted by Crippen LogP contribution is 2.44. The molecule has 6 nitrogen and oxygen atoms in total. The first kappa shape index (κ1) is 28.5. The van der Waals surface area contributed by atoms with Crippen LogP contribution in [0.2, 0.25) is 5.02 Å². The number of rotatable bonds is 8. The lowest BCUT2D eigenvalue weighted by Gasteiger charge is -2.38. The topological polar surface area (TPSA) is 68.2 Å². The molecule has 1 amide bonds. The second-order valence-corrected chi connectivity index (χ2v) is 11.0. The van der Waals surface area contributed by atoms with Gasteiger partial charge in [-0.1, -0.05) is 48.0 Å². The maximum atomic E-state index is 13.8. The summed E-state index contributed by atoms with van der Waals surface area (Å²) in [6.07, 6.45) is 0.159. The van der Waals surface area contributed by atoms with Crippen molar-refractivity contribution < 1.29 is 24.1 Å².